The van der Waals surface area contributed by atoms with Crippen LogP contribution in [0.15, 0.2) is 18.2 Å². The van der Waals surface area contributed by atoms with Gasteiger partial charge in [-0.05, 0) is 32.4 Å². The number of carbonyl (C=O) groups excluding carboxylic acids is 1. The molecule has 0 radical (unpaired) electrons. The lowest BCUT2D eigenvalue weighted by atomic mass is 10.1. The van der Waals surface area contributed by atoms with Gasteiger partial charge >= 0.3 is 0 Å². The summed E-state index contributed by atoms with van der Waals surface area (Å²) < 4.78 is 7.41. The number of amides is 1. The van der Waals surface area contributed by atoms with Crippen molar-refractivity contribution in [3.63, 3.8) is 0 Å². The highest BCUT2D eigenvalue weighted by molar-refractivity contribution is 5.94. The number of benzene rings is 1. The molecule has 2 aliphatic heterocycles. The molecule has 144 valence electrons. The SMILES string of the molecule is Cc1cc(C)cc(C(=O)N2CCCn3nnc(CN4CCOCC4)c3C2)c1. The zero-order valence-corrected chi connectivity index (χ0v) is 16.1. The number of rotatable bonds is 3. The number of aromatic nitrogens is 3. The molecule has 4 rings (SSSR count). The van der Waals surface area contributed by atoms with Gasteiger partial charge in [0.2, 0.25) is 0 Å². The number of morpholine rings is 1. The Hall–Kier alpha value is -2.25. The van der Waals surface area contributed by atoms with Crippen LogP contribution in [0.4, 0.5) is 0 Å². The van der Waals surface area contributed by atoms with Gasteiger partial charge in [0, 0.05) is 38.3 Å². The zero-order valence-electron chi connectivity index (χ0n) is 16.1. The number of fused-ring (bicyclic) bond motifs is 1. The Labute approximate surface area is 159 Å². The molecule has 2 aliphatic rings. The number of nitrogens with zero attached hydrogens (tertiary/aromatic N) is 5. The second kappa shape index (κ2) is 7.78. The minimum Gasteiger partial charge on any atom is -0.379 e. The lowest BCUT2D eigenvalue weighted by molar-refractivity contribution is 0.0334. The highest BCUT2D eigenvalue weighted by atomic mass is 16.5. The molecule has 0 atom stereocenters. The number of hydrogen-bond acceptors (Lipinski definition) is 5. The normalized spacial score (nSPS) is 18.2. The van der Waals surface area contributed by atoms with Crippen molar-refractivity contribution in [1.29, 1.82) is 0 Å². The van der Waals surface area contributed by atoms with Crippen LogP contribution in [-0.4, -0.2) is 63.5 Å². The molecule has 0 N–H and O–H groups in total. The Morgan fingerprint density at radius 2 is 1.81 bits per heavy atom. The van der Waals surface area contributed by atoms with Crippen molar-refractivity contribution in [2.75, 3.05) is 32.8 Å². The van der Waals surface area contributed by atoms with E-state index in [0.29, 0.717) is 6.54 Å². The Kier molecular flexibility index (Phi) is 5.22. The van der Waals surface area contributed by atoms with E-state index in [1.165, 1.54) is 0 Å². The lowest BCUT2D eigenvalue weighted by Crippen LogP contribution is -2.36. The van der Waals surface area contributed by atoms with Gasteiger partial charge in [0.25, 0.3) is 5.91 Å². The van der Waals surface area contributed by atoms with E-state index in [2.05, 4.69) is 21.3 Å². The smallest absolute Gasteiger partial charge is 0.254 e. The summed E-state index contributed by atoms with van der Waals surface area (Å²) in [5.41, 5.74) is 5.05. The topological polar surface area (TPSA) is 63.5 Å². The Bertz CT molecular complexity index is 806. The van der Waals surface area contributed by atoms with Crippen molar-refractivity contribution < 1.29 is 9.53 Å². The molecule has 3 heterocycles. The predicted octanol–water partition coefficient (Wildman–Crippen LogP) is 1.77. The average molecular weight is 369 g/mol. The van der Waals surface area contributed by atoms with Gasteiger partial charge in [0.15, 0.2) is 0 Å². The molecular formula is C20H27N5O2. The molecule has 0 bridgehead atoms. The number of hydrogen-bond donors (Lipinski definition) is 0. The number of aryl methyl sites for hydroxylation is 3. The van der Waals surface area contributed by atoms with Gasteiger partial charge in [-0.3, -0.25) is 9.69 Å². The maximum atomic E-state index is 13.1. The maximum Gasteiger partial charge on any atom is 0.254 e. The van der Waals surface area contributed by atoms with Gasteiger partial charge < -0.3 is 9.64 Å². The van der Waals surface area contributed by atoms with Gasteiger partial charge in [0.1, 0.15) is 5.69 Å². The van der Waals surface area contributed by atoms with Crippen molar-refractivity contribution in [2.45, 2.75) is 39.9 Å². The van der Waals surface area contributed by atoms with Crippen LogP contribution in [0, 0.1) is 13.8 Å². The molecule has 1 fully saturated rings. The summed E-state index contributed by atoms with van der Waals surface area (Å²) in [5.74, 6) is 0.0915. The van der Waals surface area contributed by atoms with Crippen LogP contribution in [0.5, 0.6) is 0 Å². The van der Waals surface area contributed by atoms with Crippen LogP contribution < -0.4 is 0 Å². The van der Waals surface area contributed by atoms with Crippen LogP contribution in [0.2, 0.25) is 0 Å². The first-order valence-corrected chi connectivity index (χ1v) is 9.69. The van der Waals surface area contributed by atoms with Crippen LogP contribution in [0.1, 0.15) is 39.3 Å². The molecule has 7 heteroatoms. The van der Waals surface area contributed by atoms with Crippen molar-refractivity contribution in [3.8, 4) is 0 Å². The fourth-order valence-corrected chi connectivity index (χ4v) is 3.94. The summed E-state index contributed by atoms with van der Waals surface area (Å²) in [5, 5.41) is 8.77. The molecule has 0 spiro atoms. The highest BCUT2D eigenvalue weighted by Crippen LogP contribution is 2.20. The first kappa shape index (κ1) is 18.1. The molecular weight excluding hydrogens is 342 g/mol. The lowest BCUT2D eigenvalue weighted by Gasteiger charge is -2.26. The fraction of sp³-hybridized carbons (Fsp3) is 0.550. The molecule has 1 aromatic heterocycles. The van der Waals surface area contributed by atoms with Gasteiger partial charge in [-0.15, -0.1) is 5.10 Å². The Morgan fingerprint density at radius 1 is 1.07 bits per heavy atom. The first-order chi connectivity index (χ1) is 13.1. The second-order valence-electron chi connectivity index (χ2n) is 7.55. The van der Waals surface area contributed by atoms with E-state index in [4.69, 9.17) is 4.74 Å². The summed E-state index contributed by atoms with van der Waals surface area (Å²) in [6.45, 7) is 10.3. The first-order valence-electron chi connectivity index (χ1n) is 9.69. The number of ether oxygens (including phenoxy) is 1. The third-order valence-electron chi connectivity index (χ3n) is 5.29. The van der Waals surface area contributed by atoms with Gasteiger partial charge in [-0.2, -0.15) is 0 Å². The Balaban J connectivity index is 1.54. The molecule has 27 heavy (non-hydrogen) atoms. The van der Waals surface area contributed by atoms with E-state index >= 15 is 0 Å². The predicted molar refractivity (Wildman–Crippen MR) is 101 cm³/mol. The third-order valence-corrected chi connectivity index (χ3v) is 5.29. The quantitative estimate of drug-likeness (QED) is 0.825. The highest BCUT2D eigenvalue weighted by Gasteiger charge is 2.25. The van der Waals surface area contributed by atoms with Crippen LogP contribution in [0.3, 0.4) is 0 Å². The molecule has 1 aromatic carbocycles. The van der Waals surface area contributed by atoms with Crippen LogP contribution >= 0.6 is 0 Å². The van der Waals surface area contributed by atoms with Gasteiger partial charge in [-0.25, -0.2) is 4.68 Å². The van der Waals surface area contributed by atoms with E-state index in [1.54, 1.807) is 0 Å². The minimum absolute atomic E-state index is 0.0915. The van der Waals surface area contributed by atoms with Crippen LogP contribution in [-0.2, 0) is 24.4 Å². The summed E-state index contributed by atoms with van der Waals surface area (Å²) in [4.78, 5) is 17.4. The van der Waals surface area contributed by atoms with Crippen LogP contribution in [0.25, 0.3) is 0 Å². The monoisotopic (exact) mass is 369 g/mol. The van der Waals surface area contributed by atoms with E-state index in [-0.39, 0.29) is 5.91 Å². The van der Waals surface area contributed by atoms with E-state index < -0.39 is 0 Å². The number of carbonyl (C=O) groups is 1. The molecule has 0 saturated carbocycles. The standard InChI is InChI=1S/C20H27N5O2/c1-15-10-16(2)12-17(11-15)20(26)24-4-3-5-25-19(14-24)18(21-22-25)13-23-6-8-27-9-7-23/h10-12H,3-9,13-14H2,1-2H3. The summed E-state index contributed by atoms with van der Waals surface area (Å²) in [6.07, 6.45) is 0.893. The molecule has 0 aliphatic carbocycles. The van der Waals surface area contributed by atoms with E-state index in [1.807, 2.05) is 35.6 Å². The van der Waals surface area contributed by atoms with Gasteiger partial charge in [0.05, 0.1) is 25.5 Å². The third kappa shape index (κ3) is 4.04. The van der Waals surface area contributed by atoms with E-state index in [0.717, 1.165) is 80.4 Å². The summed E-state index contributed by atoms with van der Waals surface area (Å²) in [7, 11) is 0. The summed E-state index contributed by atoms with van der Waals surface area (Å²) in [6, 6.07) is 6.05. The average Bonchev–Trinajstić information content (AvgIpc) is 2.89. The molecule has 1 saturated heterocycles. The largest absolute Gasteiger partial charge is 0.379 e. The molecule has 1 amide bonds. The molecule has 7 nitrogen and oxygen atoms in total. The van der Waals surface area contributed by atoms with Gasteiger partial charge in [-0.1, -0.05) is 22.4 Å². The zero-order chi connectivity index (χ0) is 18.8. The van der Waals surface area contributed by atoms with Crippen molar-refractivity contribution in [2.24, 2.45) is 0 Å². The van der Waals surface area contributed by atoms with Crippen molar-refractivity contribution in [3.05, 3.63) is 46.3 Å². The Morgan fingerprint density at radius 3 is 2.56 bits per heavy atom. The van der Waals surface area contributed by atoms with Crippen molar-refractivity contribution >= 4 is 5.91 Å². The fourth-order valence-electron chi connectivity index (χ4n) is 3.94. The maximum absolute atomic E-state index is 13.1. The van der Waals surface area contributed by atoms with Crippen molar-refractivity contribution in [1.82, 2.24) is 24.8 Å². The molecule has 0 unspecified atom stereocenters. The summed E-state index contributed by atoms with van der Waals surface area (Å²) >= 11 is 0. The second-order valence-corrected chi connectivity index (χ2v) is 7.55. The van der Waals surface area contributed by atoms with E-state index in [9.17, 15) is 4.79 Å². The minimum atomic E-state index is 0.0915. The molecule has 2 aromatic rings.